The van der Waals surface area contributed by atoms with E-state index in [-0.39, 0.29) is 28.8 Å². The summed E-state index contributed by atoms with van der Waals surface area (Å²) in [5.41, 5.74) is 1.73. The van der Waals surface area contributed by atoms with Crippen molar-refractivity contribution in [3.8, 4) is 11.3 Å². The molecule has 1 aromatic heterocycles. The number of nitrogens with zero attached hydrogens (tertiary/aromatic N) is 1. The average molecular weight is 344 g/mol. The van der Waals surface area contributed by atoms with Gasteiger partial charge in [0.2, 0.25) is 0 Å². The molecule has 1 aliphatic heterocycles. The third kappa shape index (κ3) is 4.25. The normalized spacial score (nSPS) is 19.6. The van der Waals surface area contributed by atoms with Gasteiger partial charge in [-0.05, 0) is 70.9 Å². The van der Waals surface area contributed by atoms with Gasteiger partial charge in [0.25, 0.3) is 5.91 Å². The van der Waals surface area contributed by atoms with Crippen molar-refractivity contribution in [1.82, 2.24) is 20.8 Å². The molecule has 0 unspecified atom stereocenters. The number of aromatic nitrogens is 2. The molecule has 5 nitrogen and oxygen atoms in total. The summed E-state index contributed by atoms with van der Waals surface area (Å²) in [5.74, 6) is -0.465. The Hall–Kier alpha value is -2.21. The van der Waals surface area contributed by atoms with Crippen molar-refractivity contribution in [2.45, 2.75) is 57.7 Å². The Morgan fingerprint density at radius 1 is 1.16 bits per heavy atom. The van der Waals surface area contributed by atoms with E-state index in [0.29, 0.717) is 11.4 Å². The summed E-state index contributed by atoms with van der Waals surface area (Å²) >= 11 is 0. The van der Waals surface area contributed by atoms with Crippen molar-refractivity contribution in [3.63, 3.8) is 0 Å². The lowest BCUT2D eigenvalue weighted by molar-refractivity contribution is 0.0868. The number of nitrogens with one attached hydrogen (secondary N) is 3. The second kappa shape index (κ2) is 6.26. The molecule has 2 aromatic rings. The molecule has 2 heterocycles. The number of hydrogen-bond donors (Lipinski definition) is 3. The van der Waals surface area contributed by atoms with Crippen LogP contribution in [0.4, 0.5) is 4.39 Å². The summed E-state index contributed by atoms with van der Waals surface area (Å²) in [4.78, 5) is 12.6. The first-order valence-corrected chi connectivity index (χ1v) is 8.55. The van der Waals surface area contributed by atoms with E-state index in [9.17, 15) is 9.18 Å². The molecule has 0 bridgehead atoms. The van der Waals surface area contributed by atoms with Crippen LogP contribution in [-0.2, 0) is 0 Å². The molecule has 1 aromatic carbocycles. The molecule has 134 valence electrons. The van der Waals surface area contributed by atoms with Gasteiger partial charge in [-0.3, -0.25) is 9.89 Å². The first kappa shape index (κ1) is 17.6. The monoisotopic (exact) mass is 344 g/mol. The van der Waals surface area contributed by atoms with E-state index in [4.69, 9.17) is 0 Å². The molecule has 0 spiro atoms. The molecule has 0 saturated carbocycles. The van der Waals surface area contributed by atoms with Crippen LogP contribution in [-0.4, -0.2) is 33.2 Å². The van der Waals surface area contributed by atoms with Crippen molar-refractivity contribution in [2.75, 3.05) is 0 Å². The lowest BCUT2D eigenvalue weighted by Gasteiger charge is -2.46. The van der Waals surface area contributed by atoms with Gasteiger partial charge in [-0.15, -0.1) is 0 Å². The van der Waals surface area contributed by atoms with Crippen LogP contribution in [0.3, 0.4) is 0 Å². The highest BCUT2D eigenvalue weighted by Gasteiger charge is 2.38. The number of rotatable bonds is 3. The van der Waals surface area contributed by atoms with Crippen LogP contribution in [0.25, 0.3) is 11.3 Å². The fraction of sp³-hybridized carbons (Fsp3) is 0.474. The van der Waals surface area contributed by atoms with Crippen molar-refractivity contribution in [2.24, 2.45) is 0 Å². The number of carbonyl (C=O) groups is 1. The summed E-state index contributed by atoms with van der Waals surface area (Å²) in [6.45, 7) is 8.59. The highest BCUT2D eigenvalue weighted by atomic mass is 19.1. The molecule has 3 N–H and O–H groups in total. The predicted molar refractivity (Wildman–Crippen MR) is 95.8 cm³/mol. The van der Waals surface area contributed by atoms with Crippen LogP contribution in [0.2, 0.25) is 0 Å². The first-order valence-electron chi connectivity index (χ1n) is 8.55. The summed E-state index contributed by atoms with van der Waals surface area (Å²) in [6, 6.07) is 7.83. The minimum atomic E-state index is -0.298. The van der Waals surface area contributed by atoms with E-state index in [0.717, 1.165) is 18.4 Å². The molecule has 1 aliphatic rings. The maximum absolute atomic E-state index is 13.0. The Kier molecular flexibility index (Phi) is 4.41. The Morgan fingerprint density at radius 2 is 1.76 bits per heavy atom. The van der Waals surface area contributed by atoms with E-state index >= 15 is 0 Å². The highest BCUT2D eigenvalue weighted by molar-refractivity contribution is 5.93. The summed E-state index contributed by atoms with van der Waals surface area (Å²) in [5, 5.41) is 13.7. The van der Waals surface area contributed by atoms with Crippen LogP contribution >= 0.6 is 0 Å². The van der Waals surface area contributed by atoms with Crippen LogP contribution < -0.4 is 10.6 Å². The Labute approximate surface area is 147 Å². The van der Waals surface area contributed by atoms with Crippen LogP contribution in [0, 0.1) is 5.82 Å². The van der Waals surface area contributed by atoms with Gasteiger partial charge in [0, 0.05) is 22.7 Å². The highest BCUT2D eigenvalue weighted by Crippen LogP contribution is 2.28. The van der Waals surface area contributed by atoms with Crippen molar-refractivity contribution in [1.29, 1.82) is 0 Å². The molecular formula is C19H25FN4O. The molecule has 0 aliphatic carbocycles. The SMILES string of the molecule is CC1(C)CC(NC(=O)c2cc(-c3ccc(F)cc3)n[nH]2)CC(C)(C)N1. The third-order valence-electron chi connectivity index (χ3n) is 4.49. The lowest BCUT2D eigenvalue weighted by atomic mass is 9.79. The van der Waals surface area contributed by atoms with Gasteiger partial charge >= 0.3 is 0 Å². The Balaban J connectivity index is 1.71. The number of hydrogen-bond acceptors (Lipinski definition) is 3. The summed E-state index contributed by atoms with van der Waals surface area (Å²) in [7, 11) is 0. The van der Waals surface area contributed by atoms with Crippen molar-refractivity contribution < 1.29 is 9.18 Å². The van der Waals surface area contributed by atoms with Crippen LogP contribution in [0.15, 0.2) is 30.3 Å². The molecule has 25 heavy (non-hydrogen) atoms. The van der Waals surface area contributed by atoms with E-state index in [1.807, 2.05) is 0 Å². The number of aromatic amines is 1. The molecule has 0 radical (unpaired) electrons. The first-order chi connectivity index (χ1) is 11.6. The van der Waals surface area contributed by atoms with Gasteiger partial charge < -0.3 is 10.6 Å². The number of carbonyl (C=O) groups excluding carboxylic acids is 1. The maximum Gasteiger partial charge on any atom is 0.269 e. The van der Waals surface area contributed by atoms with Gasteiger partial charge in [0.15, 0.2) is 0 Å². The van der Waals surface area contributed by atoms with E-state index in [1.54, 1.807) is 18.2 Å². The third-order valence-corrected chi connectivity index (χ3v) is 4.49. The Morgan fingerprint density at radius 3 is 2.36 bits per heavy atom. The number of amides is 1. The predicted octanol–water partition coefficient (Wildman–Crippen LogP) is 3.25. The molecular weight excluding hydrogens is 319 g/mol. The molecule has 0 atom stereocenters. The van der Waals surface area contributed by atoms with Gasteiger partial charge in [0.1, 0.15) is 11.5 Å². The van der Waals surface area contributed by atoms with Gasteiger partial charge in [-0.25, -0.2) is 4.39 Å². The van der Waals surface area contributed by atoms with E-state index < -0.39 is 0 Å². The quantitative estimate of drug-likeness (QED) is 0.800. The number of halogens is 1. The number of benzene rings is 1. The number of H-pyrrole nitrogens is 1. The fourth-order valence-corrected chi connectivity index (χ4v) is 3.89. The molecule has 3 rings (SSSR count). The minimum Gasteiger partial charge on any atom is -0.348 e. The zero-order chi connectivity index (χ0) is 18.2. The van der Waals surface area contributed by atoms with Crippen LogP contribution in [0.1, 0.15) is 51.0 Å². The van der Waals surface area contributed by atoms with E-state index in [1.165, 1.54) is 12.1 Å². The second-order valence-electron chi connectivity index (χ2n) is 8.15. The van der Waals surface area contributed by atoms with Gasteiger partial charge in [-0.2, -0.15) is 5.10 Å². The largest absolute Gasteiger partial charge is 0.348 e. The molecule has 1 saturated heterocycles. The van der Waals surface area contributed by atoms with Crippen LogP contribution in [0.5, 0.6) is 0 Å². The fourth-order valence-electron chi connectivity index (χ4n) is 3.89. The summed E-state index contributed by atoms with van der Waals surface area (Å²) < 4.78 is 13.0. The molecule has 1 fully saturated rings. The van der Waals surface area contributed by atoms with Crippen molar-refractivity contribution >= 4 is 5.91 Å². The van der Waals surface area contributed by atoms with Crippen molar-refractivity contribution in [3.05, 3.63) is 41.8 Å². The molecule has 1 amide bonds. The Bertz CT molecular complexity index is 748. The number of piperidine rings is 1. The smallest absolute Gasteiger partial charge is 0.269 e. The zero-order valence-electron chi connectivity index (χ0n) is 15.1. The second-order valence-corrected chi connectivity index (χ2v) is 8.15. The minimum absolute atomic E-state index is 0.0348. The van der Waals surface area contributed by atoms with Gasteiger partial charge in [0.05, 0.1) is 5.69 Å². The zero-order valence-corrected chi connectivity index (χ0v) is 15.1. The van der Waals surface area contributed by atoms with E-state index in [2.05, 4.69) is 48.5 Å². The lowest BCUT2D eigenvalue weighted by Crippen LogP contribution is -2.62. The van der Waals surface area contributed by atoms with Gasteiger partial charge in [-0.1, -0.05) is 0 Å². The molecule has 6 heteroatoms. The summed E-state index contributed by atoms with van der Waals surface area (Å²) in [6.07, 6.45) is 1.72. The topological polar surface area (TPSA) is 69.8 Å². The standard InChI is InChI=1S/C19H25FN4O/c1-18(2)10-14(11-19(3,4)24-18)21-17(25)16-9-15(22-23-16)12-5-7-13(20)8-6-12/h5-9,14,24H,10-11H2,1-4H3,(H,21,25)(H,22,23). The maximum atomic E-state index is 13.0. The average Bonchev–Trinajstić information content (AvgIpc) is 2.94.